The minimum Gasteiger partial charge on any atom is -0.458 e. The second kappa shape index (κ2) is 11.8. The molecular formula is C36H41N3O6. The molecule has 0 saturated carbocycles. The SMILES string of the molecule is CCc1c2c(nc3ccc(OC(=O)CC4=CCCC(N5CCCCC5)CC4)cc13)-c1cc3c(c(=O)n1C2)COC(=O)[C@]3(O)CC. The number of benzene rings is 1. The number of piperidine rings is 1. The lowest BCUT2D eigenvalue weighted by atomic mass is 9.86. The lowest BCUT2D eigenvalue weighted by molar-refractivity contribution is -0.172. The van der Waals surface area contributed by atoms with Gasteiger partial charge in [-0.25, -0.2) is 9.78 Å². The Morgan fingerprint density at radius 1 is 1.11 bits per heavy atom. The fourth-order valence-corrected chi connectivity index (χ4v) is 7.85. The molecule has 1 aromatic carbocycles. The number of aliphatic hydroxyl groups is 1. The molecule has 45 heavy (non-hydrogen) atoms. The molecular weight excluding hydrogens is 570 g/mol. The quantitative estimate of drug-likeness (QED) is 0.178. The van der Waals surface area contributed by atoms with Crippen molar-refractivity contribution >= 4 is 22.8 Å². The highest BCUT2D eigenvalue weighted by atomic mass is 16.6. The number of rotatable bonds is 6. The number of hydrogen-bond donors (Lipinski definition) is 1. The topological polar surface area (TPSA) is 111 Å². The van der Waals surface area contributed by atoms with Crippen LogP contribution in [0, 0.1) is 0 Å². The molecule has 3 aromatic rings. The lowest BCUT2D eigenvalue weighted by Crippen LogP contribution is -2.44. The molecule has 1 N–H and O–H groups in total. The van der Waals surface area contributed by atoms with Gasteiger partial charge >= 0.3 is 11.9 Å². The normalized spacial score (nSPS) is 23.0. The molecule has 2 atom stereocenters. The number of fused-ring (bicyclic) bond motifs is 5. The van der Waals surface area contributed by atoms with Crippen LogP contribution in [0.5, 0.6) is 5.75 Å². The average molecular weight is 612 g/mol. The van der Waals surface area contributed by atoms with Crippen molar-refractivity contribution in [1.29, 1.82) is 0 Å². The van der Waals surface area contributed by atoms with Crippen molar-refractivity contribution in [3.8, 4) is 17.1 Å². The van der Waals surface area contributed by atoms with Crippen LogP contribution < -0.4 is 10.3 Å². The van der Waals surface area contributed by atoms with E-state index in [2.05, 4.69) is 17.9 Å². The molecule has 9 nitrogen and oxygen atoms in total. The van der Waals surface area contributed by atoms with Crippen molar-refractivity contribution in [1.82, 2.24) is 14.5 Å². The molecule has 4 aliphatic rings. The van der Waals surface area contributed by atoms with Crippen molar-refractivity contribution in [2.75, 3.05) is 13.1 Å². The number of aromatic nitrogens is 2. The largest absolute Gasteiger partial charge is 0.458 e. The van der Waals surface area contributed by atoms with Crippen molar-refractivity contribution in [3.05, 3.63) is 68.5 Å². The molecule has 1 unspecified atom stereocenters. The van der Waals surface area contributed by atoms with Crippen molar-refractivity contribution < 1.29 is 24.2 Å². The van der Waals surface area contributed by atoms with Crippen molar-refractivity contribution in [2.45, 2.75) is 103 Å². The first-order valence-corrected chi connectivity index (χ1v) is 16.6. The van der Waals surface area contributed by atoms with E-state index < -0.39 is 11.6 Å². The van der Waals surface area contributed by atoms with Crippen LogP contribution in [0.15, 0.2) is 40.7 Å². The first-order chi connectivity index (χ1) is 21.8. The van der Waals surface area contributed by atoms with Crippen LogP contribution in [-0.2, 0) is 39.5 Å². The second-order valence-electron chi connectivity index (χ2n) is 12.9. The van der Waals surface area contributed by atoms with Gasteiger partial charge in [0.2, 0.25) is 0 Å². The fourth-order valence-electron chi connectivity index (χ4n) is 7.85. The molecule has 1 fully saturated rings. The number of cyclic esters (lactones) is 1. The summed E-state index contributed by atoms with van der Waals surface area (Å²) < 4.78 is 12.7. The Balaban J connectivity index is 1.13. The van der Waals surface area contributed by atoms with Crippen molar-refractivity contribution in [3.63, 3.8) is 0 Å². The fraction of sp³-hybridized carbons (Fsp3) is 0.500. The van der Waals surface area contributed by atoms with Gasteiger partial charge in [0.25, 0.3) is 5.56 Å². The Labute approximate surface area is 262 Å². The zero-order chi connectivity index (χ0) is 31.3. The number of aryl methyl sites for hydroxylation is 1. The van der Waals surface area contributed by atoms with Gasteiger partial charge in [-0.1, -0.05) is 31.9 Å². The number of likely N-dealkylation sites (tertiary alicyclic amines) is 1. The molecule has 1 saturated heterocycles. The number of ether oxygens (including phenoxy) is 2. The summed E-state index contributed by atoms with van der Waals surface area (Å²) in [5.41, 5.74) is 3.56. The maximum absolute atomic E-state index is 13.6. The zero-order valence-corrected chi connectivity index (χ0v) is 26.2. The molecule has 9 heteroatoms. The van der Waals surface area contributed by atoms with Gasteiger partial charge < -0.3 is 24.0 Å². The van der Waals surface area contributed by atoms with Crippen LogP contribution in [0.1, 0.15) is 93.9 Å². The molecule has 2 aromatic heterocycles. The maximum Gasteiger partial charge on any atom is 0.343 e. The third-order valence-electron chi connectivity index (χ3n) is 10.4. The number of pyridine rings is 2. The number of allylic oxidation sites excluding steroid dienone is 1. The first-order valence-electron chi connectivity index (χ1n) is 16.6. The predicted molar refractivity (Wildman–Crippen MR) is 170 cm³/mol. The zero-order valence-electron chi connectivity index (χ0n) is 26.2. The van der Waals surface area contributed by atoms with Crippen LogP contribution in [0.3, 0.4) is 0 Å². The Kier molecular flexibility index (Phi) is 7.86. The Morgan fingerprint density at radius 3 is 2.71 bits per heavy atom. The number of carbonyl (C=O) groups is 2. The third kappa shape index (κ3) is 5.20. The van der Waals surface area contributed by atoms with Crippen LogP contribution in [0.4, 0.5) is 0 Å². The Morgan fingerprint density at radius 2 is 1.93 bits per heavy atom. The van der Waals surface area contributed by atoms with Gasteiger partial charge in [-0.15, -0.1) is 0 Å². The average Bonchev–Trinajstić information content (AvgIpc) is 3.25. The van der Waals surface area contributed by atoms with Gasteiger partial charge in [0.05, 0.1) is 35.4 Å². The number of nitrogens with zero attached hydrogens (tertiary/aromatic N) is 3. The summed E-state index contributed by atoms with van der Waals surface area (Å²) in [5.74, 6) is -0.509. The summed E-state index contributed by atoms with van der Waals surface area (Å²) in [4.78, 5) is 46.8. The van der Waals surface area contributed by atoms with Crippen molar-refractivity contribution in [2.24, 2.45) is 0 Å². The number of hydrogen-bond acceptors (Lipinski definition) is 8. The highest BCUT2D eigenvalue weighted by molar-refractivity contribution is 5.90. The van der Waals surface area contributed by atoms with Crippen LogP contribution in [0.2, 0.25) is 0 Å². The monoisotopic (exact) mass is 611 g/mol. The van der Waals surface area contributed by atoms with E-state index in [4.69, 9.17) is 14.5 Å². The highest BCUT2D eigenvalue weighted by Gasteiger charge is 2.45. The molecule has 5 heterocycles. The van der Waals surface area contributed by atoms with E-state index in [0.717, 1.165) is 47.7 Å². The summed E-state index contributed by atoms with van der Waals surface area (Å²) in [7, 11) is 0. The van der Waals surface area contributed by atoms with E-state index in [9.17, 15) is 19.5 Å². The van der Waals surface area contributed by atoms with Crippen LogP contribution in [0.25, 0.3) is 22.3 Å². The Hall–Kier alpha value is -3.82. The van der Waals surface area contributed by atoms with E-state index in [-0.39, 0.29) is 24.6 Å². The van der Waals surface area contributed by atoms with E-state index in [1.807, 2.05) is 12.1 Å². The van der Waals surface area contributed by atoms with Gasteiger partial charge in [-0.2, -0.15) is 0 Å². The van der Waals surface area contributed by atoms with Crippen LogP contribution >= 0.6 is 0 Å². The Bertz CT molecular complexity index is 1790. The second-order valence-corrected chi connectivity index (χ2v) is 12.9. The minimum absolute atomic E-state index is 0.0951. The molecule has 0 radical (unpaired) electrons. The standard InChI is InChI=1S/C36H41N3O6/c1-3-25-26-18-24(45-32(40)17-22-9-8-10-23(12-11-22)38-15-6-5-7-16-38)13-14-30(26)37-33-27(25)20-39-31(33)19-29-28(34(39)41)21-44-35(42)36(29,43)4-2/h9,13-14,18-19,23,43H,3-8,10-12,15-17,20-21H2,1-2H3/t23?,36-/m0/s1. The summed E-state index contributed by atoms with van der Waals surface area (Å²) >= 11 is 0. The van der Waals surface area contributed by atoms with Gasteiger partial charge in [0.1, 0.15) is 12.4 Å². The molecule has 1 aliphatic carbocycles. The summed E-state index contributed by atoms with van der Waals surface area (Å²) in [5, 5.41) is 12.1. The van der Waals surface area contributed by atoms with E-state index in [1.54, 1.807) is 23.6 Å². The van der Waals surface area contributed by atoms with E-state index >= 15 is 0 Å². The highest BCUT2D eigenvalue weighted by Crippen LogP contribution is 2.41. The summed E-state index contributed by atoms with van der Waals surface area (Å²) in [6.07, 6.45) is 11.4. The molecule has 236 valence electrons. The van der Waals surface area contributed by atoms with E-state index in [1.165, 1.54) is 37.9 Å². The van der Waals surface area contributed by atoms with Gasteiger partial charge in [0, 0.05) is 22.6 Å². The van der Waals surface area contributed by atoms with Crippen LogP contribution in [-0.4, -0.2) is 50.6 Å². The predicted octanol–water partition coefficient (Wildman–Crippen LogP) is 5.29. The minimum atomic E-state index is -1.86. The molecule has 0 spiro atoms. The maximum atomic E-state index is 13.6. The smallest absolute Gasteiger partial charge is 0.343 e. The third-order valence-corrected chi connectivity index (χ3v) is 10.4. The lowest BCUT2D eigenvalue weighted by Gasteiger charge is -2.34. The summed E-state index contributed by atoms with van der Waals surface area (Å²) in [6, 6.07) is 7.85. The molecule has 3 aliphatic heterocycles. The first kappa shape index (κ1) is 29.9. The molecule has 0 amide bonds. The van der Waals surface area contributed by atoms with Gasteiger partial charge in [0.15, 0.2) is 5.60 Å². The molecule has 0 bridgehead atoms. The summed E-state index contributed by atoms with van der Waals surface area (Å²) in [6.45, 7) is 6.32. The number of esters is 2. The van der Waals surface area contributed by atoms with Gasteiger partial charge in [-0.05, 0) is 94.3 Å². The van der Waals surface area contributed by atoms with E-state index in [0.29, 0.717) is 53.7 Å². The molecule has 7 rings (SSSR count). The number of carbonyl (C=O) groups excluding carboxylic acids is 2. The van der Waals surface area contributed by atoms with Gasteiger partial charge in [-0.3, -0.25) is 9.59 Å².